The number of carbonyl (C=O) groups is 1. The van der Waals surface area contributed by atoms with E-state index < -0.39 is 0 Å². The highest BCUT2D eigenvalue weighted by atomic mass is 16.1. The van der Waals surface area contributed by atoms with Crippen molar-refractivity contribution >= 4 is 16.9 Å². The summed E-state index contributed by atoms with van der Waals surface area (Å²) in [6, 6.07) is 8.05. The largest absolute Gasteiger partial charge is 0.347 e. The summed E-state index contributed by atoms with van der Waals surface area (Å²) in [7, 11) is 0. The first-order valence-electron chi connectivity index (χ1n) is 6.85. The lowest BCUT2D eigenvalue weighted by molar-refractivity contribution is -0.119. The second kappa shape index (κ2) is 5.87. The number of aryl methyl sites for hydroxylation is 1. The fraction of sp³-hybridized carbons (Fsp3) is 0.467. The summed E-state index contributed by atoms with van der Waals surface area (Å²) in [6.07, 6.45) is 2.25. The number of nitrogens with zero attached hydrogens (tertiary/aromatic N) is 2. The van der Waals surface area contributed by atoms with Gasteiger partial charge in [-0.1, -0.05) is 25.5 Å². The molecule has 102 valence electrons. The summed E-state index contributed by atoms with van der Waals surface area (Å²) in [5.41, 5.74) is 2.13. The molecular formula is C15H21N3O. The van der Waals surface area contributed by atoms with Crippen molar-refractivity contribution < 1.29 is 4.79 Å². The van der Waals surface area contributed by atoms with Crippen LogP contribution in [0, 0.1) is 0 Å². The molecule has 4 heteroatoms. The lowest BCUT2D eigenvalue weighted by Gasteiger charge is -2.15. The number of fused-ring (bicyclic) bond motifs is 1. The summed E-state index contributed by atoms with van der Waals surface area (Å²) in [6.45, 7) is 6.63. The lowest BCUT2D eigenvalue weighted by Crippen LogP contribution is -2.26. The third-order valence-electron chi connectivity index (χ3n) is 3.23. The highest BCUT2D eigenvalue weighted by Crippen LogP contribution is 2.21. The van der Waals surface area contributed by atoms with Gasteiger partial charge in [0, 0.05) is 13.5 Å². The molecule has 0 unspecified atom stereocenters. The molecule has 1 amide bonds. The van der Waals surface area contributed by atoms with Crippen molar-refractivity contribution in [1.82, 2.24) is 14.9 Å². The predicted molar refractivity (Wildman–Crippen MR) is 76.9 cm³/mol. The van der Waals surface area contributed by atoms with Crippen molar-refractivity contribution in [3.63, 3.8) is 0 Å². The first-order valence-corrected chi connectivity index (χ1v) is 6.85. The van der Waals surface area contributed by atoms with Crippen molar-refractivity contribution in [2.45, 2.75) is 46.2 Å². The van der Waals surface area contributed by atoms with E-state index in [9.17, 15) is 4.79 Å². The molecule has 0 aliphatic carbocycles. The van der Waals surface area contributed by atoms with Gasteiger partial charge in [0.25, 0.3) is 0 Å². The predicted octanol–water partition coefficient (Wildman–Crippen LogP) is 3.03. The van der Waals surface area contributed by atoms with E-state index in [0.29, 0.717) is 0 Å². The molecule has 0 bridgehead atoms. The Hall–Kier alpha value is -1.84. The van der Waals surface area contributed by atoms with Crippen molar-refractivity contribution in [2.75, 3.05) is 0 Å². The zero-order valence-electron chi connectivity index (χ0n) is 11.8. The van der Waals surface area contributed by atoms with Crippen molar-refractivity contribution in [3.05, 3.63) is 30.1 Å². The molecule has 0 aliphatic heterocycles. The van der Waals surface area contributed by atoms with E-state index in [1.165, 1.54) is 6.92 Å². The summed E-state index contributed by atoms with van der Waals surface area (Å²) in [4.78, 5) is 15.9. The van der Waals surface area contributed by atoms with E-state index in [1.807, 2.05) is 25.1 Å². The van der Waals surface area contributed by atoms with Gasteiger partial charge in [-0.05, 0) is 25.5 Å². The average Bonchev–Trinajstić information content (AvgIpc) is 2.74. The van der Waals surface area contributed by atoms with Crippen LogP contribution in [0.4, 0.5) is 0 Å². The minimum absolute atomic E-state index is 0.0263. The maximum atomic E-state index is 11.2. The third-order valence-corrected chi connectivity index (χ3v) is 3.23. The molecule has 2 rings (SSSR count). The van der Waals surface area contributed by atoms with Gasteiger partial charge in [-0.3, -0.25) is 4.79 Å². The number of carbonyl (C=O) groups excluding carboxylic acids is 1. The Morgan fingerprint density at radius 1 is 1.42 bits per heavy atom. The first-order chi connectivity index (χ1) is 9.13. The molecule has 1 N–H and O–H groups in total. The number of hydrogen-bond donors (Lipinski definition) is 1. The molecule has 1 aromatic carbocycles. The monoisotopic (exact) mass is 259 g/mol. The highest BCUT2D eigenvalue weighted by molar-refractivity contribution is 5.77. The highest BCUT2D eigenvalue weighted by Gasteiger charge is 2.16. The van der Waals surface area contributed by atoms with Gasteiger partial charge in [-0.25, -0.2) is 4.98 Å². The molecule has 0 aliphatic rings. The van der Waals surface area contributed by atoms with Crippen LogP contribution >= 0.6 is 0 Å². The Morgan fingerprint density at radius 3 is 2.84 bits per heavy atom. The number of benzene rings is 1. The molecule has 0 radical (unpaired) electrons. The molecule has 4 nitrogen and oxygen atoms in total. The van der Waals surface area contributed by atoms with Crippen LogP contribution in [0.1, 0.15) is 45.5 Å². The molecule has 2 aromatic rings. The molecule has 0 saturated heterocycles. The van der Waals surface area contributed by atoms with E-state index in [-0.39, 0.29) is 11.9 Å². The minimum Gasteiger partial charge on any atom is -0.347 e. The fourth-order valence-corrected chi connectivity index (χ4v) is 2.35. The van der Waals surface area contributed by atoms with E-state index in [2.05, 4.69) is 27.9 Å². The summed E-state index contributed by atoms with van der Waals surface area (Å²) < 4.78 is 2.22. The number of nitrogens with one attached hydrogen (secondary N) is 1. The van der Waals surface area contributed by atoms with Gasteiger partial charge in [0.05, 0.1) is 17.1 Å². The number of rotatable bonds is 5. The zero-order chi connectivity index (χ0) is 13.8. The first kappa shape index (κ1) is 13.6. The van der Waals surface area contributed by atoms with Crippen LogP contribution in [-0.4, -0.2) is 15.5 Å². The van der Waals surface area contributed by atoms with E-state index in [1.54, 1.807) is 0 Å². The molecule has 0 saturated carbocycles. The number of unbranched alkanes of at least 4 members (excludes halogenated alkanes) is 1. The smallest absolute Gasteiger partial charge is 0.217 e. The van der Waals surface area contributed by atoms with E-state index in [4.69, 9.17) is 0 Å². The van der Waals surface area contributed by atoms with Crippen LogP contribution in [0.25, 0.3) is 11.0 Å². The van der Waals surface area contributed by atoms with E-state index in [0.717, 1.165) is 36.2 Å². The maximum Gasteiger partial charge on any atom is 0.217 e. The summed E-state index contributed by atoms with van der Waals surface area (Å²) >= 11 is 0. The normalized spacial score (nSPS) is 12.6. The molecule has 1 aromatic heterocycles. The number of imidazole rings is 1. The van der Waals surface area contributed by atoms with Gasteiger partial charge in [-0.15, -0.1) is 0 Å². The minimum atomic E-state index is -0.0678. The van der Waals surface area contributed by atoms with Gasteiger partial charge in [-0.2, -0.15) is 0 Å². The summed E-state index contributed by atoms with van der Waals surface area (Å²) in [5, 5.41) is 2.91. The third kappa shape index (κ3) is 2.95. The Balaban J connectivity index is 2.42. The Bertz CT molecular complexity index is 574. The molecule has 1 atom stereocenters. The number of amides is 1. The van der Waals surface area contributed by atoms with Crippen molar-refractivity contribution in [3.8, 4) is 0 Å². The Labute approximate surface area is 113 Å². The zero-order valence-corrected chi connectivity index (χ0v) is 11.8. The van der Waals surface area contributed by atoms with Crippen molar-refractivity contribution in [1.29, 1.82) is 0 Å². The topological polar surface area (TPSA) is 46.9 Å². The average molecular weight is 259 g/mol. The molecule has 19 heavy (non-hydrogen) atoms. The number of aromatic nitrogens is 2. The number of hydrogen-bond acceptors (Lipinski definition) is 2. The molecular weight excluding hydrogens is 238 g/mol. The van der Waals surface area contributed by atoms with Crippen molar-refractivity contribution in [2.24, 2.45) is 0 Å². The second-order valence-electron chi connectivity index (χ2n) is 4.89. The van der Waals surface area contributed by atoms with E-state index >= 15 is 0 Å². The molecule has 1 heterocycles. The van der Waals surface area contributed by atoms with Crippen LogP contribution < -0.4 is 5.32 Å². The van der Waals surface area contributed by atoms with Crippen LogP contribution in [0.5, 0.6) is 0 Å². The standard InChI is InChI=1S/C15H21N3O/c1-4-5-10-18-14-9-7-6-8-13(14)17-15(18)11(2)16-12(3)19/h6-9,11H,4-5,10H2,1-3H3,(H,16,19)/t11-/m0/s1. The Morgan fingerprint density at radius 2 is 2.16 bits per heavy atom. The Kier molecular flexibility index (Phi) is 4.20. The van der Waals surface area contributed by atoms with Gasteiger partial charge < -0.3 is 9.88 Å². The van der Waals surface area contributed by atoms with Crippen LogP contribution in [0.3, 0.4) is 0 Å². The SMILES string of the molecule is CCCCn1c([C@H](C)NC(C)=O)nc2ccccc21. The van der Waals surface area contributed by atoms with Gasteiger partial charge >= 0.3 is 0 Å². The maximum absolute atomic E-state index is 11.2. The summed E-state index contributed by atoms with van der Waals surface area (Å²) in [5.74, 6) is 0.909. The molecule has 0 fully saturated rings. The van der Waals surface area contributed by atoms with Crippen LogP contribution in [0.2, 0.25) is 0 Å². The number of para-hydroxylation sites is 2. The molecule has 0 spiro atoms. The second-order valence-corrected chi connectivity index (χ2v) is 4.89. The van der Waals surface area contributed by atoms with Gasteiger partial charge in [0.15, 0.2) is 0 Å². The van der Waals surface area contributed by atoms with Crippen LogP contribution in [-0.2, 0) is 11.3 Å². The van der Waals surface area contributed by atoms with Crippen LogP contribution in [0.15, 0.2) is 24.3 Å². The van der Waals surface area contributed by atoms with Gasteiger partial charge in [0.2, 0.25) is 5.91 Å². The quantitative estimate of drug-likeness (QED) is 0.897. The fourth-order valence-electron chi connectivity index (χ4n) is 2.35. The van der Waals surface area contributed by atoms with Gasteiger partial charge in [0.1, 0.15) is 5.82 Å². The lowest BCUT2D eigenvalue weighted by atomic mass is 10.2.